The molecule has 86 valence electrons. The molecule has 2 heterocycles. The Morgan fingerprint density at radius 1 is 0.889 bits per heavy atom. The maximum Gasteiger partial charge on any atom is 0.136 e. The number of pyridine rings is 1. The van der Waals surface area contributed by atoms with Gasteiger partial charge in [-0.25, -0.2) is 4.98 Å². The van der Waals surface area contributed by atoms with Crippen LogP contribution in [0.3, 0.4) is 0 Å². The molecule has 0 N–H and O–H groups in total. The van der Waals surface area contributed by atoms with E-state index in [0.717, 1.165) is 32.7 Å². The Bertz CT molecular complexity index is 895. The lowest BCUT2D eigenvalue weighted by molar-refractivity contribution is 0.669. The second-order valence-electron chi connectivity index (χ2n) is 4.30. The van der Waals surface area contributed by atoms with Gasteiger partial charge in [0.05, 0.1) is 0 Å². The van der Waals surface area contributed by atoms with Crippen LogP contribution in [0.15, 0.2) is 53.1 Å². The molecule has 0 saturated carbocycles. The first-order valence-electron chi connectivity index (χ1n) is 5.68. The molecule has 0 saturated heterocycles. The molecule has 0 spiro atoms. The minimum absolute atomic E-state index is 0.498. The highest BCUT2D eigenvalue weighted by Gasteiger charge is 2.07. The zero-order valence-electron chi connectivity index (χ0n) is 9.35. The molecule has 0 radical (unpaired) electrons. The van der Waals surface area contributed by atoms with E-state index in [-0.39, 0.29) is 0 Å². The summed E-state index contributed by atoms with van der Waals surface area (Å²) in [6.45, 7) is 0. The number of fused-ring (bicyclic) bond motifs is 4. The van der Waals surface area contributed by atoms with Crippen LogP contribution in [-0.2, 0) is 0 Å². The molecule has 4 aromatic rings. The van der Waals surface area contributed by atoms with E-state index >= 15 is 0 Å². The highest BCUT2D eigenvalue weighted by molar-refractivity contribution is 6.30. The third-order valence-corrected chi connectivity index (χ3v) is 3.39. The molecule has 3 heteroatoms. The summed E-state index contributed by atoms with van der Waals surface area (Å²) in [5, 5.41) is 4.85. The molecule has 2 nitrogen and oxygen atoms in total. The quantitative estimate of drug-likeness (QED) is 0.421. The largest absolute Gasteiger partial charge is 0.456 e. The molecule has 2 aromatic carbocycles. The summed E-state index contributed by atoms with van der Waals surface area (Å²) < 4.78 is 5.84. The zero-order chi connectivity index (χ0) is 12.1. The summed E-state index contributed by atoms with van der Waals surface area (Å²) in [5.74, 6) is 0. The first-order valence-corrected chi connectivity index (χ1v) is 6.06. The fourth-order valence-electron chi connectivity index (χ4n) is 2.34. The second-order valence-corrected chi connectivity index (χ2v) is 4.69. The smallest absolute Gasteiger partial charge is 0.136 e. The Morgan fingerprint density at radius 2 is 1.78 bits per heavy atom. The normalized spacial score (nSPS) is 11.6. The van der Waals surface area contributed by atoms with Gasteiger partial charge in [0.25, 0.3) is 0 Å². The first kappa shape index (κ1) is 9.92. The van der Waals surface area contributed by atoms with Gasteiger partial charge >= 0.3 is 0 Å². The van der Waals surface area contributed by atoms with Crippen molar-refractivity contribution < 1.29 is 4.42 Å². The number of furan rings is 1. The minimum atomic E-state index is 0.498. The van der Waals surface area contributed by atoms with Crippen LogP contribution in [0.25, 0.3) is 32.7 Å². The van der Waals surface area contributed by atoms with Gasteiger partial charge in [-0.1, -0.05) is 29.8 Å². The van der Waals surface area contributed by atoms with Gasteiger partial charge in [0, 0.05) is 22.4 Å². The molecular weight excluding hydrogens is 246 g/mol. The van der Waals surface area contributed by atoms with Gasteiger partial charge < -0.3 is 4.42 Å². The molecular formula is C15H8ClNO. The number of hydrogen-bond acceptors (Lipinski definition) is 2. The number of nitrogens with zero attached hydrogens (tertiary/aromatic N) is 1. The summed E-state index contributed by atoms with van der Waals surface area (Å²) in [7, 11) is 0. The van der Waals surface area contributed by atoms with Gasteiger partial charge in [-0.15, -0.1) is 0 Å². The van der Waals surface area contributed by atoms with Crippen molar-refractivity contribution in [1.82, 2.24) is 4.98 Å². The maximum atomic E-state index is 5.91. The van der Waals surface area contributed by atoms with Crippen molar-refractivity contribution in [3.8, 4) is 0 Å². The third-order valence-electron chi connectivity index (χ3n) is 3.18. The molecule has 0 unspecified atom stereocenters. The van der Waals surface area contributed by atoms with Crippen molar-refractivity contribution in [3.05, 3.63) is 53.8 Å². The van der Waals surface area contributed by atoms with E-state index in [2.05, 4.69) is 17.1 Å². The summed E-state index contributed by atoms with van der Waals surface area (Å²) in [6, 6.07) is 14.0. The Hall–Kier alpha value is -2.06. The SMILES string of the molecule is Clc1cc2cc3oc4ccccc4c3cc2cn1. The number of hydrogen-bond donors (Lipinski definition) is 0. The minimum Gasteiger partial charge on any atom is -0.456 e. The van der Waals surface area contributed by atoms with Gasteiger partial charge in [-0.05, 0) is 29.7 Å². The van der Waals surface area contributed by atoms with Crippen molar-refractivity contribution in [2.75, 3.05) is 0 Å². The predicted molar refractivity (Wildman–Crippen MR) is 74.0 cm³/mol. The van der Waals surface area contributed by atoms with Crippen molar-refractivity contribution in [3.63, 3.8) is 0 Å². The summed E-state index contributed by atoms with van der Waals surface area (Å²) in [5.41, 5.74) is 1.79. The standard InChI is InChI=1S/C15H8ClNO/c16-15-7-9-6-14-12(5-10(9)8-17-15)11-3-1-2-4-13(11)18-14/h1-8H. The van der Waals surface area contributed by atoms with E-state index in [1.165, 1.54) is 0 Å². The van der Waals surface area contributed by atoms with Crippen LogP contribution >= 0.6 is 11.6 Å². The second kappa shape index (κ2) is 3.47. The van der Waals surface area contributed by atoms with E-state index in [0.29, 0.717) is 5.15 Å². The molecule has 0 fully saturated rings. The topological polar surface area (TPSA) is 26.0 Å². The van der Waals surface area contributed by atoms with Crippen LogP contribution in [0.5, 0.6) is 0 Å². The highest BCUT2D eigenvalue weighted by Crippen LogP contribution is 2.32. The van der Waals surface area contributed by atoms with Gasteiger partial charge in [0.2, 0.25) is 0 Å². The van der Waals surface area contributed by atoms with Crippen molar-refractivity contribution in [2.24, 2.45) is 0 Å². The van der Waals surface area contributed by atoms with E-state index in [1.807, 2.05) is 30.3 Å². The Kier molecular flexibility index (Phi) is 1.91. The monoisotopic (exact) mass is 253 g/mol. The number of para-hydroxylation sites is 1. The Labute approximate surface area is 108 Å². The van der Waals surface area contributed by atoms with Gasteiger partial charge in [-0.3, -0.25) is 0 Å². The average Bonchev–Trinajstić information content (AvgIpc) is 2.73. The number of rotatable bonds is 0. The molecule has 2 aromatic heterocycles. The van der Waals surface area contributed by atoms with Gasteiger partial charge in [-0.2, -0.15) is 0 Å². The molecule has 0 atom stereocenters. The number of benzene rings is 2. The molecule has 0 aliphatic rings. The summed E-state index contributed by atoms with van der Waals surface area (Å²) >= 11 is 5.91. The van der Waals surface area contributed by atoms with Crippen molar-refractivity contribution >= 4 is 44.3 Å². The van der Waals surface area contributed by atoms with Crippen LogP contribution < -0.4 is 0 Å². The fraction of sp³-hybridized carbons (Fsp3) is 0. The lowest BCUT2D eigenvalue weighted by atomic mass is 10.1. The molecule has 18 heavy (non-hydrogen) atoms. The lowest BCUT2D eigenvalue weighted by Gasteiger charge is -1.97. The van der Waals surface area contributed by atoms with Crippen molar-refractivity contribution in [1.29, 1.82) is 0 Å². The zero-order valence-corrected chi connectivity index (χ0v) is 10.1. The number of halogens is 1. The number of aromatic nitrogens is 1. The van der Waals surface area contributed by atoms with Crippen molar-refractivity contribution in [2.45, 2.75) is 0 Å². The molecule has 0 bridgehead atoms. The molecule has 0 amide bonds. The lowest BCUT2D eigenvalue weighted by Crippen LogP contribution is -1.77. The fourth-order valence-corrected chi connectivity index (χ4v) is 2.50. The van der Waals surface area contributed by atoms with Gasteiger partial charge in [0.15, 0.2) is 0 Å². The van der Waals surface area contributed by atoms with Gasteiger partial charge in [0.1, 0.15) is 16.3 Å². The predicted octanol–water partition coefficient (Wildman–Crippen LogP) is 4.79. The molecule has 0 aliphatic carbocycles. The molecule has 4 rings (SSSR count). The van der Waals surface area contributed by atoms with E-state index in [9.17, 15) is 0 Å². The van der Waals surface area contributed by atoms with Crippen LogP contribution in [0.1, 0.15) is 0 Å². The highest BCUT2D eigenvalue weighted by atomic mass is 35.5. The van der Waals surface area contributed by atoms with E-state index in [4.69, 9.17) is 16.0 Å². The van der Waals surface area contributed by atoms with E-state index in [1.54, 1.807) is 6.20 Å². The Morgan fingerprint density at radius 3 is 2.72 bits per heavy atom. The summed E-state index contributed by atoms with van der Waals surface area (Å²) in [6.07, 6.45) is 1.79. The first-order chi connectivity index (χ1) is 8.81. The maximum absolute atomic E-state index is 5.91. The van der Waals surface area contributed by atoms with Crippen LogP contribution in [0, 0.1) is 0 Å². The molecule has 0 aliphatic heterocycles. The van der Waals surface area contributed by atoms with Crippen LogP contribution in [0.2, 0.25) is 5.15 Å². The van der Waals surface area contributed by atoms with Crippen LogP contribution in [-0.4, -0.2) is 4.98 Å². The summed E-state index contributed by atoms with van der Waals surface area (Å²) in [4.78, 5) is 4.11. The Balaban J connectivity index is 2.23. The van der Waals surface area contributed by atoms with Crippen LogP contribution in [0.4, 0.5) is 0 Å². The third kappa shape index (κ3) is 1.33. The average molecular weight is 254 g/mol. The van der Waals surface area contributed by atoms with E-state index < -0.39 is 0 Å².